The number of ether oxygens (including phenoxy) is 1. The van der Waals surface area contributed by atoms with Crippen molar-refractivity contribution < 1.29 is 19.0 Å². The third-order valence-corrected chi connectivity index (χ3v) is 4.41. The predicted molar refractivity (Wildman–Crippen MR) is 85.1 cm³/mol. The Hall–Kier alpha value is -2.36. The van der Waals surface area contributed by atoms with Gasteiger partial charge in [-0.25, -0.2) is 4.39 Å². The summed E-state index contributed by atoms with van der Waals surface area (Å²) < 4.78 is 20.1. The first-order chi connectivity index (χ1) is 11.0. The van der Waals surface area contributed by atoms with Crippen LogP contribution in [-0.2, 0) is 16.8 Å². The Bertz CT molecular complexity index is 698. The predicted octanol–water partition coefficient (Wildman–Crippen LogP) is 4.22. The molecular weight excluding hydrogens is 295 g/mol. The van der Waals surface area contributed by atoms with Crippen molar-refractivity contribution in [2.75, 3.05) is 0 Å². The first-order valence-electron chi connectivity index (χ1n) is 7.69. The fraction of sp³-hybridized carbons (Fsp3) is 0.316. The van der Waals surface area contributed by atoms with Crippen LogP contribution in [0.4, 0.5) is 4.39 Å². The fourth-order valence-corrected chi connectivity index (χ4v) is 2.96. The van der Waals surface area contributed by atoms with Crippen molar-refractivity contribution in [3.8, 4) is 5.75 Å². The zero-order chi connectivity index (χ0) is 16.4. The summed E-state index contributed by atoms with van der Waals surface area (Å²) in [6.45, 7) is 2.10. The van der Waals surface area contributed by atoms with Crippen LogP contribution in [0, 0.1) is 12.7 Å². The van der Waals surface area contributed by atoms with Gasteiger partial charge in [0.1, 0.15) is 6.61 Å². The van der Waals surface area contributed by atoms with Crippen LogP contribution in [0.5, 0.6) is 5.75 Å². The molecule has 0 aromatic heterocycles. The lowest BCUT2D eigenvalue weighted by Gasteiger charge is -2.17. The van der Waals surface area contributed by atoms with Gasteiger partial charge >= 0.3 is 5.97 Å². The normalized spacial score (nSPS) is 15.2. The van der Waals surface area contributed by atoms with E-state index in [1.54, 1.807) is 6.92 Å². The minimum atomic E-state index is -0.843. The van der Waals surface area contributed by atoms with E-state index in [2.05, 4.69) is 0 Å². The topological polar surface area (TPSA) is 46.5 Å². The summed E-state index contributed by atoms with van der Waals surface area (Å²) in [7, 11) is 0. The van der Waals surface area contributed by atoms with Crippen LogP contribution in [0.25, 0.3) is 0 Å². The number of carboxylic acid groups (broad SMARTS) is 1. The maximum Gasteiger partial charge on any atom is 0.304 e. The Balaban J connectivity index is 1.80. The molecular formula is C19H19FO3. The second kappa shape index (κ2) is 6.03. The van der Waals surface area contributed by atoms with Gasteiger partial charge in [-0.05, 0) is 42.5 Å². The second-order valence-corrected chi connectivity index (χ2v) is 6.23. The lowest BCUT2D eigenvalue weighted by Crippen LogP contribution is -2.14. The summed E-state index contributed by atoms with van der Waals surface area (Å²) in [5.74, 6) is -1.03. The van der Waals surface area contributed by atoms with E-state index in [1.165, 1.54) is 6.07 Å². The molecule has 0 unspecified atom stereocenters. The zero-order valence-electron chi connectivity index (χ0n) is 13.0. The number of hydrogen-bond acceptors (Lipinski definition) is 2. The quantitative estimate of drug-likeness (QED) is 0.868. The summed E-state index contributed by atoms with van der Waals surface area (Å²) in [5.41, 5.74) is 2.05. The van der Waals surface area contributed by atoms with E-state index >= 15 is 0 Å². The van der Waals surface area contributed by atoms with Crippen LogP contribution in [0.3, 0.4) is 0 Å². The van der Waals surface area contributed by atoms with Crippen molar-refractivity contribution in [2.24, 2.45) is 0 Å². The molecule has 0 heterocycles. The Morgan fingerprint density at radius 3 is 2.52 bits per heavy atom. The molecule has 120 valence electrons. The number of rotatable bonds is 6. The van der Waals surface area contributed by atoms with Crippen LogP contribution in [0.2, 0.25) is 0 Å². The Morgan fingerprint density at radius 2 is 1.96 bits per heavy atom. The van der Waals surface area contributed by atoms with Crippen molar-refractivity contribution in [1.29, 1.82) is 0 Å². The molecule has 1 aliphatic carbocycles. The molecule has 1 saturated carbocycles. The maximum absolute atomic E-state index is 14.4. The van der Waals surface area contributed by atoms with E-state index < -0.39 is 17.2 Å². The highest BCUT2D eigenvalue weighted by atomic mass is 19.1. The van der Waals surface area contributed by atoms with Gasteiger partial charge < -0.3 is 9.84 Å². The molecule has 4 heteroatoms. The monoisotopic (exact) mass is 314 g/mol. The largest absolute Gasteiger partial charge is 0.486 e. The van der Waals surface area contributed by atoms with Gasteiger partial charge in [-0.2, -0.15) is 0 Å². The second-order valence-electron chi connectivity index (χ2n) is 6.23. The standard InChI is InChI=1S/C19H19FO3/c1-13-9-15(19(7-8-19)11-17(21)22)10-16(20)18(13)23-12-14-5-3-2-4-6-14/h2-6,9-10H,7-8,11-12H2,1H3,(H,21,22). The number of carbonyl (C=O) groups is 1. The number of carboxylic acids is 1. The van der Waals surface area contributed by atoms with Crippen LogP contribution in [0.15, 0.2) is 42.5 Å². The van der Waals surface area contributed by atoms with Gasteiger partial charge in [-0.3, -0.25) is 4.79 Å². The van der Waals surface area contributed by atoms with Crippen molar-refractivity contribution >= 4 is 5.97 Å². The van der Waals surface area contributed by atoms with Crippen LogP contribution in [-0.4, -0.2) is 11.1 Å². The molecule has 1 aliphatic rings. The van der Waals surface area contributed by atoms with E-state index in [0.717, 1.165) is 24.0 Å². The molecule has 0 atom stereocenters. The fourth-order valence-electron chi connectivity index (χ4n) is 2.96. The molecule has 0 amide bonds. The van der Waals surface area contributed by atoms with Gasteiger partial charge in [0.25, 0.3) is 0 Å². The average Bonchev–Trinajstić information content (AvgIpc) is 3.27. The van der Waals surface area contributed by atoms with Gasteiger partial charge in [0.15, 0.2) is 11.6 Å². The molecule has 3 rings (SSSR count). The number of benzene rings is 2. The van der Waals surface area contributed by atoms with Crippen molar-refractivity contribution in [2.45, 2.75) is 38.2 Å². The summed E-state index contributed by atoms with van der Waals surface area (Å²) in [6.07, 6.45) is 1.64. The molecule has 23 heavy (non-hydrogen) atoms. The molecule has 1 fully saturated rings. The maximum atomic E-state index is 14.4. The zero-order valence-corrected chi connectivity index (χ0v) is 13.0. The van der Waals surface area contributed by atoms with Crippen molar-refractivity contribution in [1.82, 2.24) is 0 Å². The number of aryl methyl sites for hydroxylation is 1. The lowest BCUT2D eigenvalue weighted by atomic mass is 9.91. The minimum absolute atomic E-state index is 0.0517. The highest BCUT2D eigenvalue weighted by Gasteiger charge is 2.46. The smallest absolute Gasteiger partial charge is 0.304 e. The molecule has 0 aliphatic heterocycles. The Kier molecular flexibility index (Phi) is 4.07. The van der Waals surface area contributed by atoms with Crippen molar-refractivity contribution in [3.05, 3.63) is 65.0 Å². The molecule has 0 radical (unpaired) electrons. The highest BCUT2D eigenvalue weighted by molar-refractivity contribution is 5.70. The Labute approximate surface area is 134 Å². The molecule has 2 aromatic carbocycles. The van der Waals surface area contributed by atoms with Crippen LogP contribution < -0.4 is 4.74 Å². The number of hydrogen-bond donors (Lipinski definition) is 1. The Morgan fingerprint density at radius 1 is 1.26 bits per heavy atom. The van der Waals surface area contributed by atoms with E-state index in [9.17, 15) is 9.18 Å². The summed E-state index contributed by atoms with van der Waals surface area (Å²) >= 11 is 0. The summed E-state index contributed by atoms with van der Waals surface area (Å²) in [4.78, 5) is 11.0. The SMILES string of the molecule is Cc1cc(C2(CC(=O)O)CC2)cc(F)c1OCc1ccccc1. The van der Waals surface area contributed by atoms with Crippen LogP contribution in [0.1, 0.15) is 36.0 Å². The van der Waals surface area contributed by atoms with Gasteiger partial charge in [0.2, 0.25) is 0 Å². The highest BCUT2D eigenvalue weighted by Crippen LogP contribution is 2.52. The first kappa shape index (κ1) is 15.5. The molecule has 1 N–H and O–H groups in total. The van der Waals surface area contributed by atoms with Gasteiger partial charge in [-0.15, -0.1) is 0 Å². The summed E-state index contributed by atoms with van der Waals surface area (Å²) in [6, 6.07) is 12.9. The van der Waals surface area contributed by atoms with Gasteiger partial charge in [0, 0.05) is 5.41 Å². The molecule has 0 bridgehead atoms. The summed E-state index contributed by atoms with van der Waals surface area (Å²) in [5, 5.41) is 9.04. The number of halogens is 1. The average molecular weight is 314 g/mol. The van der Waals surface area contributed by atoms with Crippen molar-refractivity contribution in [3.63, 3.8) is 0 Å². The van der Waals surface area contributed by atoms with Crippen LogP contribution >= 0.6 is 0 Å². The number of aliphatic carboxylic acids is 1. The van der Waals surface area contributed by atoms with E-state index in [1.807, 2.05) is 36.4 Å². The third-order valence-electron chi connectivity index (χ3n) is 4.41. The lowest BCUT2D eigenvalue weighted by molar-refractivity contribution is -0.137. The minimum Gasteiger partial charge on any atom is -0.486 e. The van der Waals surface area contributed by atoms with Gasteiger partial charge in [-0.1, -0.05) is 36.4 Å². The third kappa shape index (κ3) is 3.36. The van der Waals surface area contributed by atoms with Gasteiger partial charge in [0.05, 0.1) is 6.42 Å². The molecule has 2 aromatic rings. The molecule has 0 spiro atoms. The van der Waals surface area contributed by atoms with E-state index in [0.29, 0.717) is 12.2 Å². The molecule has 3 nitrogen and oxygen atoms in total. The first-order valence-corrected chi connectivity index (χ1v) is 7.69. The van der Waals surface area contributed by atoms with E-state index in [4.69, 9.17) is 9.84 Å². The molecule has 0 saturated heterocycles. The van der Waals surface area contributed by atoms with E-state index in [-0.39, 0.29) is 12.2 Å².